The minimum absolute atomic E-state index is 0.0360. The average Bonchev–Trinajstić information content (AvgIpc) is 3.45. The first-order valence-corrected chi connectivity index (χ1v) is 16.0. The van der Waals surface area contributed by atoms with Crippen LogP contribution in [-0.4, -0.2) is 65.3 Å². The summed E-state index contributed by atoms with van der Waals surface area (Å²) < 4.78 is 4.57. The first-order valence-electron chi connectivity index (χ1n) is 16.0. The zero-order valence-electron chi connectivity index (χ0n) is 26.6. The van der Waals surface area contributed by atoms with Gasteiger partial charge in [0.25, 0.3) is 5.56 Å². The van der Waals surface area contributed by atoms with Crippen molar-refractivity contribution in [3.8, 4) is 11.8 Å². The molecule has 5 heterocycles. The van der Waals surface area contributed by atoms with Gasteiger partial charge in [0, 0.05) is 49.8 Å². The fraction of sp³-hybridized carbons (Fsp3) is 0.361. The normalized spacial score (nSPS) is 18.6. The van der Waals surface area contributed by atoms with Crippen molar-refractivity contribution >= 4 is 34.1 Å². The van der Waals surface area contributed by atoms with Crippen LogP contribution in [-0.2, 0) is 20.1 Å². The van der Waals surface area contributed by atoms with Crippen LogP contribution in [0.15, 0.2) is 70.3 Å². The van der Waals surface area contributed by atoms with E-state index in [-0.39, 0.29) is 6.54 Å². The van der Waals surface area contributed by atoms with Crippen molar-refractivity contribution < 1.29 is 0 Å². The maximum atomic E-state index is 14.1. The quantitative estimate of drug-likeness (QED) is 0.256. The Morgan fingerprint density at radius 1 is 0.957 bits per heavy atom. The number of rotatable bonds is 7. The molecule has 0 N–H and O–H groups in total. The minimum atomic E-state index is -0.449. The summed E-state index contributed by atoms with van der Waals surface area (Å²) in [6.07, 6.45) is 7.81. The molecule has 0 radical (unpaired) electrons. The lowest BCUT2D eigenvalue weighted by Crippen LogP contribution is -2.57. The maximum absolute atomic E-state index is 14.1. The number of hydrogen-bond acceptors (Lipinski definition) is 7. The number of anilines is 1. The van der Waals surface area contributed by atoms with Gasteiger partial charge in [-0.05, 0) is 44.7 Å². The molecule has 2 fully saturated rings. The molecule has 7 rings (SSSR count). The molecule has 0 amide bonds. The monoisotopic (exact) mass is 614 g/mol. The molecule has 2 aliphatic heterocycles. The van der Waals surface area contributed by atoms with Gasteiger partial charge >= 0.3 is 5.69 Å². The van der Waals surface area contributed by atoms with Crippen LogP contribution in [0.25, 0.3) is 28.1 Å². The van der Waals surface area contributed by atoms with Gasteiger partial charge < -0.3 is 4.90 Å². The topological polar surface area (TPSA) is 94.1 Å². The third-order valence-electron chi connectivity index (χ3n) is 9.33. The summed E-state index contributed by atoms with van der Waals surface area (Å²) in [6, 6.07) is 18.9. The Kier molecular flexibility index (Phi) is 8.01. The van der Waals surface area contributed by atoms with E-state index in [2.05, 4.69) is 68.0 Å². The molecule has 2 saturated heterocycles. The molecule has 0 aliphatic carbocycles. The number of para-hydroxylation sites is 1. The fourth-order valence-electron chi connectivity index (χ4n) is 6.84. The van der Waals surface area contributed by atoms with Crippen LogP contribution in [0.2, 0.25) is 0 Å². The SMILES string of the molecule is CC#CCn1c(N2CCC[C@@H](N3CCC3/C=C/c3ccccc3)C2)nc2c1c(=O)n(Cc1nc(C)c3ccccc3n1)c(=O)n2C. The lowest BCUT2D eigenvalue weighted by atomic mass is 9.94. The number of piperidine rings is 1. The highest BCUT2D eigenvalue weighted by Crippen LogP contribution is 2.30. The Labute approximate surface area is 267 Å². The Hall–Kier alpha value is -5.01. The molecule has 2 aromatic carbocycles. The third-order valence-corrected chi connectivity index (χ3v) is 9.33. The average molecular weight is 615 g/mol. The standard InChI is InChI=1S/C36H38N8O2/c1-4-5-21-43-32-33(40(3)36(46)44(34(32)45)24-31-37-25(2)29-15-9-10-16-30(29)38-31)39-35(43)41-20-11-14-28(23-41)42-22-19-27(42)18-17-26-12-7-6-8-13-26/h6-10,12-13,15-18,27-28H,11,14,19-24H2,1-3H3/b18-17+/t27?,28-/m1/s1. The number of nitrogens with zero attached hydrogens (tertiary/aromatic N) is 8. The molecule has 234 valence electrons. The molecule has 2 aliphatic rings. The van der Waals surface area contributed by atoms with E-state index in [9.17, 15) is 9.59 Å². The predicted octanol–water partition coefficient (Wildman–Crippen LogP) is 3.98. The van der Waals surface area contributed by atoms with Crippen molar-refractivity contribution in [1.29, 1.82) is 0 Å². The number of aryl methyl sites for hydroxylation is 2. The predicted molar refractivity (Wildman–Crippen MR) is 182 cm³/mol. The van der Waals surface area contributed by atoms with E-state index in [0.717, 1.165) is 55.5 Å². The first-order chi connectivity index (χ1) is 22.4. The summed E-state index contributed by atoms with van der Waals surface area (Å²) in [5.41, 5.74) is 2.67. The van der Waals surface area contributed by atoms with Crippen molar-refractivity contribution in [3.05, 3.63) is 98.6 Å². The Bertz CT molecular complexity index is 2130. The van der Waals surface area contributed by atoms with Crippen molar-refractivity contribution in [2.45, 2.75) is 58.3 Å². The molecule has 1 unspecified atom stereocenters. The Morgan fingerprint density at radius 3 is 2.54 bits per heavy atom. The van der Waals surface area contributed by atoms with Gasteiger partial charge in [-0.1, -0.05) is 66.6 Å². The summed E-state index contributed by atoms with van der Waals surface area (Å²) in [5.74, 6) is 7.21. The lowest BCUT2D eigenvalue weighted by molar-refractivity contribution is 0.0618. The molecule has 10 nitrogen and oxygen atoms in total. The molecule has 0 spiro atoms. The van der Waals surface area contributed by atoms with Gasteiger partial charge in [0.2, 0.25) is 5.95 Å². The molecule has 5 aromatic rings. The van der Waals surface area contributed by atoms with E-state index in [1.807, 2.05) is 41.8 Å². The number of hydrogen-bond donors (Lipinski definition) is 0. The van der Waals surface area contributed by atoms with E-state index in [4.69, 9.17) is 4.98 Å². The summed E-state index contributed by atoms with van der Waals surface area (Å²) >= 11 is 0. The number of benzene rings is 2. The molecule has 10 heteroatoms. The van der Waals surface area contributed by atoms with E-state index < -0.39 is 11.2 Å². The largest absolute Gasteiger partial charge is 0.341 e. The summed E-state index contributed by atoms with van der Waals surface area (Å²) in [6.45, 7) is 6.65. The van der Waals surface area contributed by atoms with Crippen LogP contribution in [0.4, 0.5) is 5.95 Å². The van der Waals surface area contributed by atoms with Crippen molar-refractivity contribution in [2.75, 3.05) is 24.5 Å². The summed E-state index contributed by atoms with van der Waals surface area (Å²) in [5, 5.41) is 0.944. The number of imidazole rings is 1. The van der Waals surface area contributed by atoms with E-state index in [0.29, 0.717) is 41.6 Å². The fourth-order valence-corrected chi connectivity index (χ4v) is 6.84. The van der Waals surface area contributed by atoms with Gasteiger partial charge in [-0.25, -0.2) is 14.8 Å². The van der Waals surface area contributed by atoms with Gasteiger partial charge in [0.05, 0.1) is 18.6 Å². The molecule has 3 aromatic heterocycles. The zero-order chi connectivity index (χ0) is 31.8. The van der Waals surface area contributed by atoms with Crippen LogP contribution in [0.1, 0.15) is 43.3 Å². The van der Waals surface area contributed by atoms with E-state index >= 15 is 0 Å². The number of likely N-dealkylation sites (tertiary alicyclic amines) is 1. The van der Waals surface area contributed by atoms with Crippen molar-refractivity contribution in [1.82, 2.24) is 33.6 Å². The highest BCUT2D eigenvalue weighted by Gasteiger charge is 2.36. The zero-order valence-corrected chi connectivity index (χ0v) is 26.6. The second-order valence-electron chi connectivity index (χ2n) is 12.2. The molecular weight excluding hydrogens is 576 g/mol. The molecule has 46 heavy (non-hydrogen) atoms. The number of fused-ring (bicyclic) bond motifs is 2. The number of aromatic nitrogens is 6. The molecular formula is C36H38N8O2. The van der Waals surface area contributed by atoms with Gasteiger partial charge in [-0.3, -0.25) is 23.4 Å². The van der Waals surface area contributed by atoms with Gasteiger partial charge in [0.15, 0.2) is 11.2 Å². The Balaban J connectivity index is 1.23. The van der Waals surface area contributed by atoms with E-state index in [1.54, 1.807) is 14.0 Å². The molecule has 0 bridgehead atoms. The lowest BCUT2D eigenvalue weighted by Gasteiger charge is -2.48. The highest BCUT2D eigenvalue weighted by atomic mass is 16.2. The highest BCUT2D eigenvalue weighted by molar-refractivity contribution is 5.80. The van der Waals surface area contributed by atoms with Gasteiger partial charge in [0.1, 0.15) is 5.82 Å². The van der Waals surface area contributed by atoms with Crippen LogP contribution >= 0.6 is 0 Å². The van der Waals surface area contributed by atoms with Crippen molar-refractivity contribution in [3.63, 3.8) is 0 Å². The Morgan fingerprint density at radius 2 is 1.76 bits per heavy atom. The summed E-state index contributed by atoms with van der Waals surface area (Å²) in [7, 11) is 1.67. The minimum Gasteiger partial charge on any atom is -0.341 e. The second-order valence-corrected chi connectivity index (χ2v) is 12.2. The van der Waals surface area contributed by atoms with E-state index in [1.165, 1.54) is 14.7 Å². The van der Waals surface area contributed by atoms with Gasteiger partial charge in [-0.15, -0.1) is 5.92 Å². The smallest absolute Gasteiger partial charge is 0.332 e. The first kappa shape index (κ1) is 29.7. The summed E-state index contributed by atoms with van der Waals surface area (Å²) in [4.78, 5) is 46.9. The van der Waals surface area contributed by atoms with Crippen LogP contribution < -0.4 is 16.1 Å². The van der Waals surface area contributed by atoms with Crippen LogP contribution in [0, 0.1) is 18.8 Å². The van der Waals surface area contributed by atoms with Crippen molar-refractivity contribution in [2.24, 2.45) is 7.05 Å². The van der Waals surface area contributed by atoms with Gasteiger partial charge in [-0.2, -0.15) is 4.98 Å². The molecule has 0 saturated carbocycles. The maximum Gasteiger partial charge on any atom is 0.332 e. The third kappa shape index (κ3) is 5.41. The molecule has 2 atom stereocenters. The van der Waals surface area contributed by atoms with Crippen LogP contribution in [0.3, 0.4) is 0 Å². The second kappa shape index (κ2) is 12.4. The van der Waals surface area contributed by atoms with Crippen LogP contribution in [0.5, 0.6) is 0 Å².